The summed E-state index contributed by atoms with van der Waals surface area (Å²) in [6, 6.07) is 3.36. The standard InChI is InChI=1S/C19H21F3N6O/c1-3-27(4-2)18(29)28-8-7-13-12(10-28)16(26-25-13)17-23-14-6-5-11(19(20,21)22)9-15(14)24-17/h5-6,9H,3-4,7-8,10H2,1-2H3,(H,23,24)(H,25,26). The summed E-state index contributed by atoms with van der Waals surface area (Å²) in [6.07, 6.45) is -3.79. The molecule has 1 aliphatic rings. The molecular weight excluding hydrogens is 385 g/mol. The highest BCUT2D eigenvalue weighted by Gasteiger charge is 2.31. The highest BCUT2D eigenvalue weighted by Crippen LogP contribution is 2.33. The van der Waals surface area contributed by atoms with Crippen LogP contribution in [0.1, 0.15) is 30.7 Å². The molecule has 4 rings (SSSR count). The van der Waals surface area contributed by atoms with Crippen molar-refractivity contribution >= 4 is 17.1 Å². The van der Waals surface area contributed by atoms with Crippen LogP contribution in [0.25, 0.3) is 22.6 Å². The number of urea groups is 1. The van der Waals surface area contributed by atoms with Crippen LogP contribution in [0.4, 0.5) is 18.0 Å². The van der Waals surface area contributed by atoms with Gasteiger partial charge in [0.15, 0.2) is 5.82 Å². The van der Waals surface area contributed by atoms with E-state index in [4.69, 9.17) is 0 Å². The van der Waals surface area contributed by atoms with Crippen molar-refractivity contribution in [2.24, 2.45) is 0 Å². The Balaban J connectivity index is 1.67. The number of hydrogen-bond donors (Lipinski definition) is 2. The number of carbonyl (C=O) groups excluding carboxylic acids is 1. The molecular formula is C19H21F3N6O. The van der Waals surface area contributed by atoms with Crippen LogP contribution in [-0.4, -0.2) is 55.6 Å². The Kier molecular flexibility index (Phi) is 4.71. The van der Waals surface area contributed by atoms with Crippen molar-refractivity contribution in [3.8, 4) is 11.5 Å². The van der Waals surface area contributed by atoms with E-state index in [1.54, 1.807) is 9.80 Å². The summed E-state index contributed by atoms with van der Waals surface area (Å²) in [5, 5.41) is 7.30. The number of imidazole rings is 1. The Morgan fingerprint density at radius 2 is 2.03 bits per heavy atom. The number of nitrogens with one attached hydrogen (secondary N) is 2. The molecule has 3 heterocycles. The van der Waals surface area contributed by atoms with Gasteiger partial charge in [0, 0.05) is 37.3 Å². The number of halogens is 3. The molecule has 0 bridgehead atoms. The molecule has 0 atom stereocenters. The van der Waals surface area contributed by atoms with Crippen LogP contribution in [-0.2, 0) is 19.1 Å². The summed E-state index contributed by atoms with van der Waals surface area (Å²) in [4.78, 5) is 23.6. The molecule has 2 aromatic heterocycles. The number of alkyl halides is 3. The van der Waals surface area contributed by atoms with Gasteiger partial charge in [-0.3, -0.25) is 5.10 Å². The van der Waals surface area contributed by atoms with E-state index in [0.29, 0.717) is 55.2 Å². The third kappa shape index (κ3) is 3.43. The van der Waals surface area contributed by atoms with Crippen LogP contribution in [0.2, 0.25) is 0 Å². The van der Waals surface area contributed by atoms with Gasteiger partial charge in [0.1, 0.15) is 5.69 Å². The number of amides is 2. The van der Waals surface area contributed by atoms with Crippen molar-refractivity contribution in [3.05, 3.63) is 35.0 Å². The molecule has 10 heteroatoms. The van der Waals surface area contributed by atoms with Gasteiger partial charge in [-0.2, -0.15) is 18.3 Å². The Hall–Kier alpha value is -3.04. The van der Waals surface area contributed by atoms with Crippen LogP contribution in [0.15, 0.2) is 18.2 Å². The van der Waals surface area contributed by atoms with Crippen molar-refractivity contribution in [1.82, 2.24) is 30.0 Å². The smallest absolute Gasteiger partial charge is 0.337 e. The van der Waals surface area contributed by atoms with Gasteiger partial charge in [-0.1, -0.05) is 0 Å². The number of hydrogen-bond acceptors (Lipinski definition) is 3. The van der Waals surface area contributed by atoms with Gasteiger partial charge in [-0.15, -0.1) is 0 Å². The first kappa shape index (κ1) is 19.3. The molecule has 0 fully saturated rings. The molecule has 29 heavy (non-hydrogen) atoms. The molecule has 0 saturated carbocycles. The summed E-state index contributed by atoms with van der Waals surface area (Å²) in [7, 11) is 0. The van der Waals surface area contributed by atoms with E-state index < -0.39 is 11.7 Å². The van der Waals surface area contributed by atoms with Gasteiger partial charge in [0.2, 0.25) is 0 Å². The predicted octanol–water partition coefficient (Wildman–Crippen LogP) is 3.79. The molecule has 0 spiro atoms. The maximum Gasteiger partial charge on any atom is 0.416 e. The van der Waals surface area contributed by atoms with Gasteiger partial charge >= 0.3 is 12.2 Å². The minimum atomic E-state index is -4.42. The van der Waals surface area contributed by atoms with Crippen molar-refractivity contribution in [2.75, 3.05) is 19.6 Å². The highest BCUT2D eigenvalue weighted by molar-refractivity contribution is 5.80. The van der Waals surface area contributed by atoms with E-state index in [0.717, 1.165) is 23.4 Å². The maximum atomic E-state index is 13.0. The minimum absolute atomic E-state index is 0.0350. The number of nitrogens with zero attached hydrogens (tertiary/aromatic N) is 4. The van der Waals surface area contributed by atoms with Gasteiger partial charge < -0.3 is 14.8 Å². The molecule has 0 saturated heterocycles. The average molecular weight is 406 g/mol. The zero-order valence-corrected chi connectivity index (χ0v) is 16.1. The second kappa shape index (κ2) is 7.09. The molecule has 7 nitrogen and oxygen atoms in total. The topological polar surface area (TPSA) is 80.9 Å². The molecule has 3 aromatic rings. The molecule has 2 amide bonds. The number of aromatic nitrogens is 4. The van der Waals surface area contributed by atoms with Crippen LogP contribution in [0.3, 0.4) is 0 Å². The van der Waals surface area contributed by atoms with E-state index in [9.17, 15) is 18.0 Å². The SMILES string of the molecule is CCN(CC)C(=O)N1CCc2[nH]nc(-c3nc4ccc(C(F)(F)F)cc4[nH]3)c2C1. The second-order valence-electron chi connectivity index (χ2n) is 6.97. The van der Waals surface area contributed by atoms with Crippen LogP contribution >= 0.6 is 0 Å². The second-order valence-corrected chi connectivity index (χ2v) is 6.97. The number of H-pyrrole nitrogens is 2. The lowest BCUT2D eigenvalue weighted by molar-refractivity contribution is -0.137. The lowest BCUT2D eigenvalue weighted by Gasteiger charge is -2.32. The Labute approximate surface area is 164 Å². The fourth-order valence-electron chi connectivity index (χ4n) is 3.65. The van der Waals surface area contributed by atoms with E-state index in [2.05, 4.69) is 20.2 Å². The van der Waals surface area contributed by atoms with Crippen molar-refractivity contribution in [1.29, 1.82) is 0 Å². The molecule has 1 aliphatic heterocycles. The third-order valence-corrected chi connectivity index (χ3v) is 5.27. The van der Waals surface area contributed by atoms with Crippen molar-refractivity contribution in [3.63, 3.8) is 0 Å². The molecule has 2 N–H and O–H groups in total. The summed E-state index contributed by atoms with van der Waals surface area (Å²) >= 11 is 0. The summed E-state index contributed by atoms with van der Waals surface area (Å²) < 4.78 is 38.9. The van der Waals surface area contributed by atoms with E-state index in [1.165, 1.54) is 6.07 Å². The third-order valence-electron chi connectivity index (χ3n) is 5.27. The largest absolute Gasteiger partial charge is 0.416 e. The zero-order valence-electron chi connectivity index (χ0n) is 16.1. The van der Waals surface area contributed by atoms with E-state index in [-0.39, 0.29) is 6.03 Å². The number of carbonyl (C=O) groups is 1. The van der Waals surface area contributed by atoms with Gasteiger partial charge in [0.25, 0.3) is 0 Å². The molecule has 154 valence electrons. The van der Waals surface area contributed by atoms with Crippen molar-refractivity contribution < 1.29 is 18.0 Å². The summed E-state index contributed by atoms with van der Waals surface area (Å²) in [5.74, 6) is 0.383. The van der Waals surface area contributed by atoms with Crippen LogP contribution in [0.5, 0.6) is 0 Å². The lowest BCUT2D eigenvalue weighted by Crippen LogP contribution is -2.45. The number of fused-ring (bicyclic) bond motifs is 2. The molecule has 0 unspecified atom stereocenters. The van der Waals surface area contributed by atoms with E-state index >= 15 is 0 Å². The summed E-state index contributed by atoms with van der Waals surface area (Å²) in [6.45, 7) is 6.08. The molecule has 0 radical (unpaired) electrons. The molecule has 1 aromatic carbocycles. The van der Waals surface area contributed by atoms with Gasteiger partial charge in [-0.05, 0) is 32.0 Å². The number of benzene rings is 1. The van der Waals surface area contributed by atoms with Crippen molar-refractivity contribution in [2.45, 2.75) is 33.0 Å². The highest BCUT2D eigenvalue weighted by atomic mass is 19.4. The first-order chi connectivity index (χ1) is 13.8. The monoisotopic (exact) mass is 406 g/mol. The van der Waals surface area contributed by atoms with Crippen LogP contribution in [0, 0.1) is 0 Å². The first-order valence-electron chi connectivity index (χ1n) is 9.49. The zero-order chi connectivity index (χ0) is 20.8. The maximum absolute atomic E-state index is 13.0. The van der Waals surface area contributed by atoms with Gasteiger partial charge in [-0.25, -0.2) is 9.78 Å². The number of rotatable bonds is 3. The fraction of sp³-hybridized carbons (Fsp3) is 0.421. The Bertz CT molecular complexity index is 1050. The van der Waals surface area contributed by atoms with Crippen LogP contribution < -0.4 is 0 Å². The Morgan fingerprint density at radius 3 is 2.72 bits per heavy atom. The normalized spacial score (nSPS) is 14.3. The quantitative estimate of drug-likeness (QED) is 0.694. The first-order valence-corrected chi connectivity index (χ1v) is 9.49. The average Bonchev–Trinajstić information content (AvgIpc) is 3.30. The Morgan fingerprint density at radius 1 is 1.28 bits per heavy atom. The predicted molar refractivity (Wildman–Crippen MR) is 101 cm³/mol. The number of aromatic amines is 2. The van der Waals surface area contributed by atoms with Gasteiger partial charge in [0.05, 0.1) is 23.1 Å². The lowest BCUT2D eigenvalue weighted by atomic mass is 10.1. The fourth-order valence-corrected chi connectivity index (χ4v) is 3.65. The summed E-state index contributed by atoms with van der Waals surface area (Å²) in [5.41, 5.74) is 2.27. The van der Waals surface area contributed by atoms with E-state index in [1.807, 2.05) is 13.8 Å². The minimum Gasteiger partial charge on any atom is -0.337 e. The molecule has 0 aliphatic carbocycles.